The molecule has 1 saturated heterocycles. The minimum absolute atomic E-state index is 0.0849. The van der Waals surface area contributed by atoms with Gasteiger partial charge in [-0.3, -0.25) is 0 Å². The third kappa shape index (κ3) is 3.16. The van der Waals surface area contributed by atoms with Gasteiger partial charge in [-0.1, -0.05) is 28.9 Å². The summed E-state index contributed by atoms with van der Waals surface area (Å²) in [4.78, 5) is 4.42. The van der Waals surface area contributed by atoms with Gasteiger partial charge in [0.05, 0.1) is 11.3 Å². The average Bonchev–Trinajstić information content (AvgIpc) is 2.96. The number of benzene rings is 1. The molecule has 1 aromatic carbocycles. The van der Waals surface area contributed by atoms with E-state index in [2.05, 4.69) is 10.1 Å². The monoisotopic (exact) mass is 341 g/mol. The molecule has 2 heterocycles. The second-order valence-electron chi connectivity index (χ2n) is 5.37. The molecule has 1 aromatic heterocycles. The predicted molar refractivity (Wildman–Crippen MR) is 83.1 cm³/mol. The van der Waals surface area contributed by atoms with Crippen LogP contribution in [0.5, 0.6) is 0 Å². The van der Waals surface area contributed by atoms with Crippen LogP contribution in [0.3, 0.4) is 0 Å². The fourth-order valence-corrected chi connectivity index (χ4v) is 3.68. The van der Waals surface area contributed by atoms with Crippen molar-refractivity contribution < 1.29 is 12.9 Å². The van der Waals surface area contributed by atoms with Gasteiger partial charge in [0.15, 0.2) is 0 Å². The van der Waals surface area contributed by atoms with Crippen molar-refractivity contribution in [2.45, 2.75) is 18.8 Å². The molecule has 0 atom stereocenters. The number of aromatic nitrogens is 2. The smallest absolute Gasteiger partial charge is 0.230 e. The van der Waals surface area contributed by atoms with E-state index in [-0.39, 0.29) is 5.92 Å². The van der Waals surface area contributed by atoms with Crippen LogP contribution in [0, 0.1) is 0 Å². The summed E-state index contributed by atoms with van der Waals surface area (Å²) in [6.45, 7) is 0.959. The summed E-state index contributed by atoms with van der Waals surface area (Å²) in [5, 5.41) is 4.56. The molecule has 0 bridgehead atoms. The Morgan fingerprint density at radius 2 is 1.95 bits per heavy atom. The van der Waals surface area contributed by atoms with Crippen molar-refractivity contribution >= 4 is 21.6 Å². The van der Waals surface area contributed by atoms with Crippen molar-refractivity contribution in [1.29, 1.82) is 0 Å². The first kappa shape index (κ1) is 15.5. The summed E-state index contributed by atoms with van der Waals surface area (Å²) < 4.78 is 29.9. The highest BCUT2D eigenvalue weighted by Gasteiger charge is 2.29. The van der Waals surface area contributed by atoms with Crippen LogP contribution >= 0.6 is 11.6 Å². The van der Waals surface area contributed by atoms with Crippen LogP contribution in [0.1, 0.15) is 24.7 Å². The van der Waals surface area contributed by atoms with Crippen molar-refractivity contribution in [2.24, 2.45) is 0 Å². The van der Waals surface area contributed by atoms with E-state index in [9.17, 15) is 8.42 Å². The summed E-state index contributed by atoms with van der Waals surface area (Å²) >= 11 is 6.13. The van der Waals surface area contributed by atoms with Gasteiger partial charge < -0.3 is 4.52 Å². The van der Waals surface area contributed by atoms with Crippen molar-refractivity contribution in [3.05, 3.63) is 35.2 Å². The number of hydrogen-bond acceptors (Lipinski definition) is 5. The highest BCUT2D eigenvalue weighted by atomic mass is 35.5. The maximum absolute atomic E-state index is 11.5. The molecule has 3 rings (SSSR count). The molecule has 0 saturated carbocycles. The zero-order valence-corrected chi connectivity index (χ0v) is 13.6. The summed E-state index contributed by atoms with van der Waals surface area (Å²) in [5.74, 6) is 1.09. The van der Waals surface area contributed by atoms with Crippen molar-refractivity contribution in [3.63, 3.8) is 0 Å². The Bertz CT molecular complexity index is 767. The fourth-order valence-electron chi connectivity index (χ4n) is 2.59. The van der Waals surface area contributed by atoms with Gasteiger partial charge in [-0.15, -0.1) is 0 Å². The lowest BCUT2D eigenvalue weighted by Gasteiger charge is -2.28. The topological polar surface area (TPSA) is 76.3 Å². The molecule has 0 radical (unpaired) electrons. The second-order valence-corrected chi connectivity index (χ2v) is 7.76. The van der Waals surface area contributed by atoms with Crippen LogP contribution in [0.4, 0.5) is 0 Å². The van der Waals surface area contributed by atoms with Gasteiger partial charge in [-0.05, 0) is 25.0 Å². The third-order valence-corrected chi connectivity index (χ3v) is 5.46. The van der Waals surface area contributed by atoms with E-state index < -0.39 is 10.0 Å². The van der Waals surface area contributed by atoms with Crippen molar-refractivity contribution in [1.82, 2.24) is 14.4 Å². The predicted octanol–water partition coefficient (Wildman–Crippen LogP) is 2.53. The van der Waals surface area contributed by atoms with Crippen LogP contribution in [-0.2, 0) is 10.0 Å². The highest BCUT2D eigenvalue weighted by Crippen LogP contribution is 2.31. The lowest BCUT2D eigenvalue weighted by atomic mass is 9.98. The summed E-state index contributed by atoms with van der Waals surface area (Å²) in [7, 11) is -3.13. The lowest BCUT2D eigenvalue weighted by molar-refractivity contribution is 0.271. The SMILES string of the molecule is CS(=O)(=O)N1CCC(c2nc(-c3ccccc3Cl)no2)CC1. The molecule has 1 aliphatic rings. The summed E-state index contributed by atoms with van der Waals surface area (Å²) in [6, 6.07) is 7.32. The van der Waals surface area contributed by atoms with Crippen LogP contribution < -0.4 is 0 Å². The van der Waals surface area contributed by atoms with E-state index in [0.717, 1.165) is 5.56 Å². The first-order valence-electron chi connectivity index (χ1n) is 6.99. The molecule has 118 valence electrons. The number of rotatable bonds is 3. The third-order valence-electron chi connectivity index (χ3n) is 3.83. The molecule has 0 N–H and O–H groups in total. The van der Waals surface area contributed by atoms with Gasteiger partial charge in [0.1, 0.15) is 0 Å². The number of hydrogen-bond donors (Lipinski definition) is 0. The molecular formula is C14H16ClN3O3S. The maximum atomic E-state index is 11.5. The van der Waals surface area contributed by atoms with E-state index in [1.807, 2.05) is 18.2 Å². The highest BCUT2D eigenvalue weighted by molar-refractivity contribution is 7.88. The van der Waals surface area contributed by atoms with Gasteiger partial charge >= 0.3 is 0 Å². The molecule has 0 spiro atoms. The van der Waals surface area contributed by atoms with Gasteiger partial charge in [0.2, 0.25) is 21.7 Å². The molecule has 0 aliphatic carbocycles. The van der Waals surface area contributed by atoms with E-state index in [4.69, 9.17) is 16.1 Å². The minimum Gasteiger partial charge on any atom is -0.339 e. The largest absolute Gasteiger partial charge is 0.339 e. The summed E-state index contributed by atoms with van der Waals surface area (Å²) in [5.41, 5.74) is 0.729. The molecule has 2 aromatic rings. The normalized spacial score (nSPS) is 17.7. The van der Waals surface area contributed by atoms with Crippen molar-refractivity contribution in [3.8, 4) is 11.4 Å². The molecule has 1 fully saturated rings. The maximum Gasteiger partial charge on any atom is 0.230 e. The molecule has 0 unspecified atom stereocenters. The minimum atomic E-state index is -3.13. The molecule has 0 amide bonds. The molecular weight excluding hydrogens is 326 g/mol. The van der Waals surface area contributed by atoms with Crippen LogP contribution in [-0.4, -0.2) is 42.2 Å². The Hall–Kier alpha value is -1.44. The van der Waals surface area contributed by atoms with E-state index >= 15 is 0 Å². The first-order valence-corrected chi connectivity index (χ1v) is 9.21. The fraction of sp³-hybridized carbons (Fsp3) is 0.429. The number of nitrogens with zero attached hydrogens (tertiary/aromatic N) is 3. The van der Waals surface area contributed by atoms with Crippen LogP contribution in [0.15, 0.2) is 28.8 Å². The number of piperidine rings is 1. The average molecular weight is 342 g/mol. The molecule has 8 heteroatoms. The van der Waals surface area contributed by atoms with E-state index in [0.29, 0.717) is 42.7 Å². The van der Waals surface area contributed by atoms with Gasteiger partial charge in [-0.25, -0.2) is 12.7 Å². The first-order chi connectivity index (χ1) is 10.4. The Kier molecular flexibility index (Phi) is 4.20. The zero-order chi connectivity index (χ0) is 15.7. The van der Waals surface area contributed by atoms with E-state index in [1.165, 1.54) is 10.6 Å². The van der Waals surface area contributed by atoms with E-state index in [1.54, 1.807) is 6.07 Å². The summed E-state index contributed by atoms with van der Waals surface area (Å²) in [6.07, 6.45) is 2.59. The van der Waals surface area contributed by atoms with Gasteiger partial charge in [-0.2, -0.15) is 4.98 Å². The number of sulfonamides is 1. The van der Waals surface area contributed by atoms with Crippen molar-refractivity contribution in [2.75, 3.05) is 19.3 Å². The van der Waals surface area contributed by atoms with Gasteiger partial charge in [0.25, 0.3) is 0 Å². The Balaban J connectivity index is 1.75. The lowest BCUT2D eigenvalue weighted by Crippen LogP contribution is -2.37. The zero-order valence-electron chi connectivity index (χ0n) is 12.1. The Morgan fingerprint density at radius 3 is 2.59 bits per heavy atom. The number of halogens is 1. The van der Waals surface area contributed by atoms with Crippen LogP contribution in [0.2, 0.25) is 5.02 Å². The standard InChI is InChI=1S/C14H16ClN3O3S/c1-22(19,20)18-8-6-10(7-9-18)14-16-13(17-21-14)11-4-2-3-5-12(11)15/h2-5,10H,6-9H2,1H3. The Labute approximate surface area is 134 Å². The second kappa shape index (κ2) is 5.98. The quantitative estimate of drug-likeness (QED) is 0.857. The van der Waals surface area contributed by atoms with Gasteiger partial charge in [0, 0.05) is 24.6 Å². The molecule has 6 nitrogen and oxygen atoms in total. The molecule has 22 heavy (non-hydrogen) atoms. The molecule has 1 aliphatic heterocycles. The Morgan fingerprint density at radius 1 is 1.27 bits per heavy atom. The van der Waals surface area contributed by atoms with Crippen LogP contribution in [0.25, 0.3) is 11.4 Å².